The van der Waals surface area contributed by atoms with Crippen molar-refractivity contribution < 1.29 is 14.3 Å². The molecule has 1 atom stereocenters. The van der Waals surface area contributed by atoms with E-state index in [-0.39, 0.29) is 6.10 Å². The number of ether oxygens (including phenoxy) is 2. The van der Waals surface area contributed by atoms with Gasteiger partial charge in [-0.1, -0.05) is 42.5 Å². The van der Waals surface area contributed by atoms with Crippen LogP contribution in [0.2, 0.25) is 0 Å². The van der Waals surface area contributed by atoms with Gasteiger partial charge in [-0.3, -0.25) is 5.32 Å². The van der Waals surface area contributed by atoms with Gasteiger partial charge in [-0.15, -0.1) is 0 Å². The first-order chi connectivity index (χ1) is 17.0. The lowest BCUT2D eigenvalue weighted by atomic mass is 9.92. The Bertz CT molecular complexity index is 1330. The van der Waals surface area contributed by atoms with E-state index in [2.05, 4.69) is 16.0 Å². The van der Waals surface area contributed by atoms with E-state index in [1.165, 1.54) is 6.42 Å². The highest BCUT2D eigenvalue weighted by Crippen LogP contribution is 2.44. The van der Waals surface area contributed by atoms with Crippen LogP contribution in [0, 0.1) is 0 Å². The van der Waals surface area contributed by atoms with Crippen LogP contribution in [0.3, 0.4) is 0 Å². The monoisotopic (exact) mass is 469 g/mol. The van der Waals surface area contributed by atoms with Crippen LogP contribution in [0.25, 0.3) is 22.2 Å². The molecule has 35 heavy (non-hydrogen) atoms. The number of amides is 1. The van der Waals surface area contributed by atoms with E-state index in [9.17, 15) is 4.79 Å². The zero-order valence-electron chi connectivity index (χ0n) is 20.2. The maximum Gasteiger partial charge on any atom is 0.412 e. The van der Waals surface area contributed by atoms with Crippen molar-refractivity contribution in [3.8, 4) is 17.0 Å². The van der Waals surface area contributed by atoms with Crippen LogP contribution >= 0.6 is 0 Å². The molecule has 4 aromatic rings. The molecule has 5 rings (SSSR count). The number of nitrogens with two attached hydrogens (primary N) is 1. The number of carbonyl (C=O) groups excluding carboxylic acids is 1. The third-order valence-corrected chi connectivity index (χ3v) is 6.72. The molecule has 0 saturated heterocycles. The smallest absolute Gasteiger partial charge is 0.412 e. The van der Waals surface area contributed by atoms with Gasteiger partial charge in [-0.05, 0) is 62.9 Å². The summed E-state index contributed by atoms with van der Waals surface area (Å²) >= 11 is 0. The topological polar surface area (TPSA) is 78.5 Å². The molecule has 3 aromatic carbocycles. The number of hydrogen-bond acceptors (Lipinski definition) is 4. The van der Waals surface area contributed by atoms with Crippen LogP contribution in [-0.4, -0.2) is 17.3 Å². The Hall–Kier alpha value is -3.93. The molecule has 0 unspecified atom stereocenters. The van der Waals surface area contributed by atoms with E-state index in [0.29, 0.717) is 18.3 Å². The van der Waals surface area contributed by atoms with Gasteiger partial charge < -0.3 is 19.8 Å². The number of carbonyl (C=O) groups is 1. The summed E-state index contributed by atoms with van der Waals surface area (Å²) in [6.07, 6.45) is 2.68. The van der Waals surface area contributed by atoms with Crippen molar-refractivity contribution in [1.82, 2.24) is 4.57 Å². The third kappa shape index (κ3) is 4.56. The molecule has 1 aliphatic rings. The molecule has 1 aromatic heterocycles. The number of nitrogens with zero attached hydrogens (tertiary/aromatic N) is 1. The molecule has 1 saturated carbocycles. The van der Waals surface area contributed by atoms with Crippen molar-refractivity contribution in [2.24, 2.45) is 0 Å². The standard InChI is InChI=1S/C29H31N3O3/c1-3-34-24-16-17-25-26(18-24)32(23-10-7-11-23)28(27(25)30)21-12-14-22(15-13-21)31-29(33)35-19(2)20-8-5-4-6-9-20/h4-6,8-9,12-19,23H,3,7,10-11,30H2,1-2H3,(H,31,33)/t19-/m1/s1. The lowest BCUT2D eigenvalue weighted by molar-refractivity contribution is 0.121. The molecule has 1 aliphatic carbocycles. The molecule has 180 valence electrons. The van der Waals surface area contributed by atoms with Gasteiger partial charge in [-0.2, -0.15) is 0 Å². The van der Waals surface area contributed by atoms with Gasteiger partial charge in [-0.25, -0.2) is 4.79 Å². The fourth-order valence-electron chi connectivity index (χ4n) is 4.70. The van der Waals surface area contributed by atoms with Gasteiger partial charge in [0.1, 0.15) is 11.9 Å². The lowest BCUT2D eigenvalue weighted by Crippen LogP contribution is -2.18. The summed E-state index contributed by atoms with van der Waals surface area (Å²) in [5.41, 5.74) is 12.2. The minimum atomic E-state index is -0.486. The second-order valence-corrected chi connectivity index (χ2v) is 8.99. The highest BCUT2D eigenvalue weighted by Gasteiger charge is 2.27. The van der Waals surface area contributed by atoms with E-state index in [1.807, 2.05) is 80.6 Å². The predicted molar refractivity (Wildman–Crippen MR) is 141 cm³/mol. The molecule has 0 radical (unpaired) electrons. The van der Waals surface area contributed by atoms with Crippen LogP contribution in [-0.2, 0) is 4.74 Å². The summed E-state index contributed by atoms with van der Waals surface area (Å²) in [6.45, 7) is 4.47. The summed E-state index contributed by atoms with van der Waals surface area (Å²) < 4.78 is 13.7. The normalized spacial score (nSPS) is 14.3. The number of nitrogens with one attached hydrogen (secondary N) is 1. The van der Waals surface area contributed by atoms with Crippen molar-refractivity contribution in [1.29, 1.82) is 0 Å². The zero-order valence-corrected chi connectivity index (χ0v) is 20.2. The largest absolute Gasteiger partial charge is 0.494 e. The number of rotatable bonds is 7. The number of anilines is 2. The fraction of sp³-hybridized carbons (Fsp3) is 0.276. The first kappa shape index (κ1) is 22.8. The van der Waals surface area contributed by atoms with E-state index < -0.39 is 6.09 Å². The highest BCUT2D eigenvalue weighted by molar-refractivity contribution is 6.01. The first-order valence-corrected chi connectivity index (χ1v) is 12.2. The second-order valence-electron chi connectivity index (χ2n) is 8.99. The second kappa shape index (κ2) is 9.74. The van der Waals surface area contributed by atoms with Crippen LogP contribution in [0.5, 0.6) is 5.75 Å². The number of benzene rings is 3. The quantitative estimate of drug-likeness (QED) is 0.297. The van der Waals surface area contributed by atoms with Gasteiger partial charge in [0.15, 0.2) is 0 Å². The molecule has 0 bridgehead atoms. The average Bonchev–Trinajstić information content (AvgIpc) is 3.10. The fourth-order valence-corrected chi connectivity index (χ4v) is 4.70. The summed E-state index contributed by atoms with van der Waals surface area (Å²) in [4.78, 5) is 12.4. The Morgan fingerprint density at radius 2 is 1.83 bits per heavy atom. The Kier molecular flexibility index (Phi) is 6.36. The molecule has 1 heterocycles. The van der Waals surface area contributed by atoms with E-state index in [0.717, 1.165) is 52.0 Å². The molecule has 3 N–H and O–H groups in total. The maximum absolute atomic E-state index is 12.4. The molecule has 6 heteroatoms. The molecule has 0 aliphatic heterocycles. The van der Waals surface area contributed by atoms with Crippen molar-refractivity contribution in [3.63, 3.8) is 0 Å². The zero-order chi connectivity index (χ0) is 24.4. The van der Waals surface area contributed by atoms with Gasteiger partial charge in [0, 0.05) is 28.7 Å². The molecule has 6 nitrogen and oxygen atoms in total. The lowest BCUT2D eigenvalue weighted by Gasteiger charge is -2.30. The predicted octanol–water partition coefficient (Wildman–Crippen LogP) is 7.32. The van der Waals surface area contributed by atoms with E-state index >= 15 is 0 Å². The average molecular weight is 470 g/mol. The maximum atomic E-state index is 12.4. The van der Waals surface area contributed by atoms with Crippen molar-refractivity contribution in [2.45, 2.75) is 45.3 Å². The summed E-state index contributed by atoms with van der Waals surface area (Å²) in [5.74, 6) is 0.854. The van der Waals surface area contributed by atoms with Crippen molar-refractivity contribution in [2.75, 3.05) is 17.7 Å². The van der Waals surface area contributed by atoms with Crippen molar-refractivity contribution >= 4 is 28.4 Å². The number of aromatic nitrogens is 1. The van der Waals surface area contributed by atoms with Gasteiger partial charge in [0.25, 0.3) is 0 Å². The first-order valence-electron chi connectivity index (χ1n) is 12.2. The molecular weight excluding hydrogens is 438 g/mol. The molecule has 0 spiro atoms. The Morgan fingerprint density at radius 3 is 2.49 bits per heavy atom. The Balaban J connectivity index is 1.39. The number of nitrogen functional groups attached to an aromatic ring is 1. The number of hydrogen-bond donors (Lipinski definition) is 2. The van der Waals surface area contributed by atoms with E-state index in [1.54, 1.807) is 0 Å². The Labute approximate surface area is 205 Å². The van der Waals surface area contributed by atoms with Crippen LogP contribution in [0.1, 0.15) is 50.8 Å². The van der Waals surface area contributed by atoms with Gasteiger partial charge in [0.2, 0.25) is 0 Å². The minimum absolute atomic E-state index is 0.338. The van der Waals surface area contributed by atoms with E-state index in [4.69, 9.17) is 15.2 Å². The minimum Gasteiger partial charge on any atom is -0.494 e. The van der Waals surface area contributed by atoms with Crippen LogP contribution < -0.4 is 15.8 Å². The summed E-state index contributed by atoms with van der Waals surface area (Å²) in [7, 11) is 0. The van der Waals surface area contributed by atoms with Crippen LogP contribution in [0.15, 0.2) is 72.8 Å². The van der Waals surface area contributed by atoms with Crippen molar-refractivity contribution in [3.05, 3.63) is 78.4 Å². The molecular formula is C29H31N3O3. The summed E-state index contributed by atoms with van der Waals surface area (Å²) in [6, 6.07) is 24.0. The number of fused-ring (bicyclic) bond motifs is 1. The Morgan fingerprint density at radius 1 is 1.09 bits per heavy atom. The highest BCUT2D eigenvalue weighted by atomic mass is 16.6. The van der Waals surface area contributed by atoms with Gasteiger partial charge in [0.05, 0.1) is 23.5 Å². The van der Waals surface area contributed by atoms with Crippen LogP contribution in [0.4, 0.5) is 16.2 Å². The molecule has 1 amide bonds. The SMILES string of the molecule is CCOc1ccc2c(N)c(-c3ccc(NC(=O)O[C@H](C)c4ccccc4)cc3)n(C3CCC3)c2c1. The van der Waals surface area contributed by atoms with Gasteiger partial charge >= 0.3 is 6.09 Å². The third-order valence-electron chi connectivity index (χ3n) is 6.72. The summed E-state index contributed by atoms with van der Waals surface area (Å²) in [5, 5.41) is 3.87. The molecule has 1 fully saturated rings.